The number of carbonyl (C=O) groups is 1. The molecule has 21 heavy (non-hydrogen) atoms. The molecule has 4 nitrogen and oxygen atoms in total. The van der Waals surface area contributed by atoms with E-state index in [-0.39, 0.29) is 5.91 Å². The average Bonchev–Trinajstić information content (AvgIpc) is 2.99. The summed E-state index contributed by atoms with van der Waals surface area (Å²) < 4.78 is 0. The number of rotatable bonds is 1. The van der Waals surface area contributed by atoms with Crippen molar-refractivity contribution in [1.82, 2.24) is 14.9 Å². The average molecular weight is 279 g/mol. The smallest absolute Gasteiger partial charge is 0.270 e. The van der Waals surface area contributed by atoms with Gasteiger partial charge in [-0.3, -0.25) is 9.78 Å². The number of nitrogens with zero attached hydrogens (tertiary/aromatic N) is 2. The molecule has 0 atom stereocenters. The summed E-state index contributed by atoms with van der Waals surface area (Å²) in [6.07, 6.45) is 5.23. The van der Waals surface area contributed by atoms with E-state index in [0.29, 0.717) is 5.69 Å². The third-order valence-corrected chi connectivity index (χ3v) is 4.24. The molecule has 1 aromatic carbocycles. The second-order valence-corrected chi connectivity index (χ2v) is 5.64. The van der Waals surface area contributed by atoms with E-state index in [4.69, 9.17) is 0 Å². The van der Waals surface area contributed by atoms with Crippen LogP contribution in [0, 0.1) is 0 Å². The largest absolute Gasteiger partial charge is 0.349 e. The van der Waals surface area contributed by atoms with Gasteiger partial charge in [-0.1, -0.05) is 18.2 Å². The predicted octanol–water partition coefficient (Wildman–Crippen LogP) is 3.34. The second kappa shape index (κ2) is 4.88. The molecule has 1 fully saturated rings. The van der Waals surface area contributed by atoms with Crippen molar-refractivity contribution in [2.24, 2.45) is 0 Å². The zero-order valence-electron chi connectivity index (χ0n) is 11.8. The number of nitrogens with one attached hydrogen (secondary N) is 1. The molecule has 106 valence electrons. The summed E-state index contributed by atoms with van der Waals surface area (Å²) in [7, 11) is 0. The first kappa shape index (κ1) is 12.4. The van der Waals surface area contributed by atoms with Gasteiger partial charge < -0.3 is 9.88 Å². The lowest BCUT2D eigenvalue weighted by molar-refractivity contribution is 0.0719. The van der Waals surface area contributed by atoms with Crippen LogP contribution in [0.25, 0.3) is 21.8 Å². The molecule has 3 aromatic rings. The molecule has 2 aromatic heterocycles. The van der Waals surface area contributed by atoms with Crippen molar-refractivity contribution in [3.63, 3.8) is 0 Å². The topological polar surface area (TPSA) is 49.0 Å². The number of amides is 1. The van der Waals surface area contributed by atoms with Gasteiger partial charge >= 0.3 is 0 Å². The minimum Gasteiger partial charge on any atom is -0.349 e. The number of hydrogen-bond acceptors (Lipinski definition) is 2. The highest BCUT2D eigenvalue weighted by atomic mass is 16.2. The van der Waals surface area contributed by atoms with Gasteiger partial charge in [0.15, 0.2) is 0 Å². The first-order valence-corrected chi connectivity index (χ1v) is 7.49. The van der Waals surface area contributed by atoms with Crippen LogP contribution in [0.2, 0.25) is 0 Å². The van der Waals surface area contributed by atoms with Gasteiger partial charge in [-0.25, -0.2) is 0 Å². The Hall–Kier alpha value is -2.36. The molecule has 0 saturated carbocycles. The fourth-order valence-corrected chi connectivity index (χ4v) is 3.12. The van der Waals surface area contributed by atoms with Crippen molar-refractivity contribution in [1.29, 1.82) is 0 Å². The van der Waals surface area contributed by atoms with E-state index in [1.807, 2.05) is 35.2 Å². The van der Waals surface area contributed by atoms with Gasteiger partial charge in [-0.15, -0.1) is 0 Å². The van der Waals surface area contributed by atoms with Crippen LogP contribution in [0.3, 0.4) is 0 Å². The third-order valence-electron chi connectivity index (χ3n) is 4.24. The van der Waals surface area contributed by atoms with Crippen molar-refractivity contribution in [2.45, 2.75) is 19.3 Å². The van der Waals surface area contributed by atoms with E-state index in [1.165, 1.54) is 6.42 Å². The Morgan fingerprint density at radius 1 is 1.10 bits per heavy atom. The molecule has 3 heterocycles. The van der Waals surface area contributed by atoms with Gasteiger partial charge in [0.2, 0.25) is 0 Å². The molecule has 0 aliphatic carbocycles. The minimum atomic E-state index is 0.106. The first-order valence-electron chi connectivity index (χ1n) is 7.49. The summed E-state index contributed by atoms with van der Waals surface area (Å²) in [5.41, 5.74) is 2.55. The summed E-state index contributed by atoms with van der Waals surface area (Å²) >= 11 is 0. The van der Waals surface area contributed by atoms with Gasteiger partial charge in [-0.05, 0) is 31.4 Å². The SMILES string of the molecule is O=C(c1cc2ccc3cccnc3c2[nH]1)N1CCCCC1. The molecule has 1 amide bonds. The maximum absolute atomic E-state index is 12.6. The first-order chi connectivity index (χ1) is 10.3. The van der Waals surface area contributed by atoms with E-state index in [0.717, 1.165) is 47.7 Å². The van der Waals surface area contributed by atoms with Crippen LogP contribution in [-0.2, 0) is 0 Å². The zero-order valence-corrected chi connectivity index (χ0v) is 11.8. The number of carbonyl (C=O) groups excluding carboxylic acids is 1. The molecule has 0 unspecified atom stereocenters. The van der Waals surface area contributed by atoms with Crippen LogP contribution in [0.15, 0.2) is 36.5 Å². The highest BCUT2D eigenvalue weighted by Crippen LogP contribution is 2.24. The summed E-state index contributed by atoms with van der Waals surface area (Å²) in [5, 5.41) is 2.13. The molecule has 4 heteroatoms. The molecule has 1 aliphatic heterocycles. The van der Waals surface area contributed by atoms with Gasteiger partial charge in [0, 0.05) is 30.1 Å². The van der Waals surface area contributed by atoms with Gasteiger partial charge in [0.05, 0.1) is 11.0 Å². The molecule has 0 radical (unpaired) electrons. The van der Waals surface area contributed by atoms with Crippen LogP contribution in [-0.4, -0.2) is 33.9 Å². The highest BCUT2D eigenvalue weighted by Gasteiger charge is 2.20. The summed E-state index contributed by atoms with van der Waals surface area (Å²) in [5.74, 6) is 0.106. The fourth-order valence-electron chi connectivity index (χ4n) is 3.12. The van der Waals surface area contributed by atoms with E-state index >= 15 is 0 Å². The Labute approximate surface area is 122 Å². The summed E-state index contributed by atoms with van der Waals surface area (Å²) in [6.45, 7) is 1.74. The number of hydrogen-bond donors (Lipinski definition) is 1. The standard InChI is InChI=1S/C17H17N3O/c21-17(20-9-2-1-3-10-20)14-11-13-7-6-12-5-4-8-18-15(12)16(13)19-14/h4-8,11,19H,1-3,9-10H2. The number of pyridine rings is 1. The predicted molar refractivity (Wildman–Crippen MR) is 83.4 cm³/mol. The Bertz CT molecular complexity index is 815. The summed E-state index contributed by atoms with van der Waals surface area (Å²) in [4.78, 5) is 22.2. The molecule has 1 saturated heterocycles. The van der Waals surface area contributed by atoms with E-state index in [1.54, 1.807) is 6.20 Å². The fraction of sp³-hybridized carbons (Fsp3) is 0.294. The van der Waals surface area contributed by atoms with Crippen molar-refractivity contribution < 1.29 is 4.79 Å². The van der Waals surface area contributed by atoms with Gasteiger partial charge in [-0.2, -0.15) is 0 Å². The van der Waals surface area contributed by atoms with Crippen molar-refractivity contribution in [3.05, 3.63) is 42.2 Å². The minimum absolute atomic E-state index is 0.106. The number of piperidine rings is 1. The Balaban J connectivity index is 1.79. The lowest BCUT2D eigenvalue weighted by atomic mass is 10.1. The lowest BCUT2D eigenvalue weighted by Crippen LogP contribution is -2.35. The monoisotopic (exact) mass is 279 g/mol. The molecular formula is C17H17N3O. The number of aromatic amines is 1. The van der Waals surface area contributed by atoms with Crippen LogP contribution in [0.4, 0.5) is 0 Å². The Morgan fingerprint density at radius 3 is 2.76 bits per heavy atom. The van der Waals surface area contributed by atoms with Crippen LogP contribution < -0.4 is 0 Å². The van der Waals surface area contributed by atoms with E-state index < -0.39 is 0 Å². The van der Waals surface area contributed by atoms with E-state index in [9.17, 15) is 4.79 Å². The summed E-state index contributed by atoms with van der Waals surface area (Å²) in [6, 6.07) is 10.0. The van der Waals surface area contributed by atoms with Crippen LogP contribution in [0.1, 0.15) is 29.8 Å². The molecule has 0 spiro atoms. The van der Waals surface area contributed by atoms with E-state index in [2.05, 4.69) is 9.97 Å². The van der Waals surface area contributed by atoms with Crippen molar-refractivity contribution >= 4 is 27.7 Å². The number of benzene rings is 1. The van der Waals surface area contributed by atoms with Crippen molar-refractivity contribution in [3.8, 4) is 0 Å². The maximum atomic E-state index is 12.6. The van der Waals surface area contributed by atoms with Crippen molar-refractivity contribution in [2.75, 3.05) is 13.1 Å². The lowest BCUT2D eigenvalue weighted by Gasteiger charge is -2.26. The highest BCUT2D eigenvalue weighted by molar-refractivity contribution is 6.07. The normalized spacial score (nSPS) is 15.7. The number of aromatic nitrogens is 2. The number of likely N-dealkylation sites (tertiary alicyclic amines) is 1. The maximum Gasteiger partial charge on any atom is 0.270 e. The Morgan fingerprint density at radius 2 is 1.90 bits per heavy atom. The van der Waals surface area contributed by atoms with Gasteiger partial charge in [0.1, 0.15) is 5.69 Å². The zero-order chi connectivity index (χ0) is 14.2. The molecule has 1 N–H and O–H groups in total. The Kier molecular flexibility index (Phi) is 2.88. The third kappa shape index (κ3) is 2.07. The number of fused-ring (bicyclic) bond motifs is 3. The van der Waals surface area contributed by atoms with Gasteiger partial charge in [0.25, 0.3) is 5.91 Å². The quantitative estimate of drug-likeness (QED) is 0.742. The molecule has 4 rings (SSSR count). The van der Waals surface area contributed by atoms with Crippen LogP contribution in [0.5, 0.6) is 0 Å². The second-order valence-electron chi connectivity index (χ2n) is 5.64. The van der Waals surface area contributed by atoms with Crippen LogP contribution >= 0.6 is 0 Å². The molecule has 0 bridgehead atoms. The number of H-pyrrole nitrogens is 1. The molecular weight excluding hydrogens is 262 g/mol. The molecule has 1 aliphatic rings.